The number of esters is 1. The topological polar surface area (TPSA) is 59.8 Å². The predicted octanol–water partition coefficient (Wildman–Crippen LogP) is 1.83. The number of hydrogen-bond acceptors (Lipinski definition) is 3. The molecule has 2 N–H and O–H groups in total. The molecule has 0 aliphatic heterocycles. The van der Waals surface area contributed by atoms with E-state index >= 15 is 0 Å². The van der Waals surface area contributed by atoms with Gasteiger partial charge in [0.1, 0.15) is 6.54 Å². The number of hydrogen-bond donors (Lipinski definition) is 2. The second-order valence-electron chi connectivity index (χ2n) is 6.11. The summed E-state index contributed by atoms with van der Waals surface area (Å²) >= 11 is 0. The molecule has 132 valence electrons. The maximum absolute atomic E-state index is 12.3. The van der Waals surface area contributed by atoms with Gasteiger partial charge in [-0.1, -0.05) is 42.0 Å². The lowest BCUT2D eigenvalue weighted by Crippen LogP contribution is -3.08. The zero-order valence-corrected chi connectivity index (χ0v) is 15.0. The van der Waals surface area contributed by atoms with Crippen molar-refractivity contribution in [3.05, 3.63) is 65.2 Å². The first-order chi connectivity index (χ1) is 12.0. The average Bonchev–Trinajstić information content (AvgIpc) is 2.57. The van der Waals surface area contributed by atoms with Gasteiger partial charge in [0.2, 0.25) is 0 Å². The van der Waals surface area contributed by atoms with Crippen LogP contribution in [0, 0.1) is 6.92 Å². The van der Waals surface area contributed by atoms with E-state index in [0.29, 0.717) is 24.4 Å². The van der Waals surface area contributed by atoms with E-state index in [-0.39, 0.29) is 5.91 Å². The van der Waals surface area contributed by atoms with Gasteiger partial charge in [-0.25, -0.2) is 4.79 Å². The zero-order valence-electron chi connectivity index (χ0n) is 15.0. The molecule has 1 amide bonds. The molecular weight excluding hydrogens is 316 g/mol. The second-order valence-corrected chi connectivity index (χ2v) is 6.11. The molecule has 25 heavy (non-hydrogen) atoms. The number of carbonyl (C=O) groups excluding carboxylic acids is 2. The quantitative estimate of drug-likeness (QED) is 0.756. The monoisotopic (exact) mass is 341 g/mol. The molecule has 0 aliphatic carbocycles. The molecule has 0 saturated heterocycles. The number of para-hydroxylation sites is 1. The molecule has 0 heterocycles. The molecule has 2 aromatic rings. The first-order valence-electron chi connectivity index (χ1n) is 8.42. The predicted molar refractivity (Wildman–Crippen MR) is 97.7 cm³/mol. The highest BCUT2D eigenvalue weighted by atomic mass is 16.5. The van der Waals surface area contributed by atoms with Crippen LogP contribution < -0.4 is 10.2 Å². The highest BCUT2D eigenvalue weighted by molar-refractivity contribution is 6.01. The Bertz CT molecular complexity index is 726. The highest BCUT2D eigenvalue weighted by Gasteiger charge is 2.16. The van der Waals surface area contributed by atoms with Crippen molar-refractivity contribution in [2.45, 2.75) is 20.4 Å². The van der Waals surface area contributed by atoms with Crippen molar-refractivity contribution in [2.75, 3.05) is 25.5 Å². The smallest absolute Gasteiger partial charge is 0.340 e. The summed E-state index contributed by atoms with van der Waals surface area (Å²) in [5.74, 6) is -0.569. The molecular formula is C20H25N2O3+. The minimum atomic E-state index is -0.432. The van der Waals surface area contributed by atoms with Crippen LogP contribution in [-0.4, -0.2) is 32.1 Å². The van der Waals surface area contributed by atoms with E-state index in [0.717, 1.165) is 11.4 Å². The molecule has 0 aromatic heterocycles. The minimum absolute atomic E-state index is 0.138. The summed E-state index contributed by atoms with van der Waals surface area (Å²) in [6.07, 6.45) is 0. The fraction of sp³-hybridized carbons (Fsp3) is 0.300. The minimum Gasteiger partial charge on any atom is -0.462 e. The summed E-state index contributed by atoms with van der Waals surface area (Å²) in [5.41, 5.74) is 3.25. The molecule has 5 nitrogen and oxygen atoms in total. The van der Waals surface area contributed by atoms with Crippen molar-refractivity contribution in [1.29, 1.82) is 0 Å². The van der Waals surface area contributed by atoms with Gasteiger partial charge in [-0.2, -0.15) is 0 Å². The van der Waals surface area contributed by atoms with Crippen LogP contribution in [0.2, 0.25) is 0 Å². The Kier molecular flexibility index (Phi) is 6.71. The Hall–Kier alpha value is -2.66. The molecule has 2 rings (SSSR count). The van der Waals surface area contributed by atoms with Crippen molar-refractivity contribution in [3.63, 3.8) is 0 Å². The van der Waals surface area contributed by atoms with Gasteiger partial charge in [0.15, 0.2) is 6.54 Å². The number of nitrogens with one attached hydrogen (secondary N) is 2. The SMILES string of the molecule is CCOC(=O)c1ccccc1NC(=O)C[NH+](C)Cc1ccc(C)cc1. The first kappa shape index (κ1) is 18.7. The van der Waals surface area contributed by atoms with Gasteiger partial charge in [0, 0.05) is 5.56 Å². The summed E-state index contributed by atoms with van der Waals surface area (Å²) in [6.45, 7) is 5.17. The van der Waals surface area contributed by atoms with E-state index in [1.807, 2.05) is 7.05 Å². The average molecular weight is 341 g/mol. The van der Waals surface area contributed by atoms with E-state index in [9.17, 15) is 9.59 Å². The van der Waals surface area contributed by atoms with E-state index in [4.69, 9.17) is 4.74 Å². The van der Waals surface area contributed by atoms with Crippen molar-refractivity contribution in [3.8, 4) is 0 Å². The normalized spacial score (nSPS) is 11.6. The largest absolute Gasteiger partial charge is 0.462 e. The van der Waals surface area contributed by atoms with Crippen LogP contribution in [-0.2, 0) is 16.1 Å². The fourth-order valence-corrected chi connectivity index (χ4v) is 2.56. The molecule has 0 saturated carbocycles. The van der Waals surface area contributed by atoms with Crippen LogP contribution in [0.15, 0.2) is 48.5 Å². The lowest BCUT2D eigenvalue weighted by atomic mass is 10.1. The Morgan fingerprint density at radius 1 is 1.08 bits per heavy atom. The maximum atomic E-state index is 12.3. The molecule has 0 aliphatic rings. The number of anilines is 1. The number of benzene rings is 2. The molecule has 0 spiro atoms. The fourth-order valence-electron chi connectivity index (χ4n) is 2.56. The van der Waals surface area contributed by atoms with Gasteiger partial charge < -0.3 is 15.0 Å². The van der Waals surface area contributed by atoms with Gasteiger partial charge in [-0.3, -0.25) is 4.79 Å². The second kappa shape index (κ2) is 8.99. The number of ether oxygens (including phenoxy) is 1. The first-order valence-corrected chi connectivity index (χ1v) is 8.42. The molecule has 0 bridgehead atoms. The zero-order chi connectivity index (χ0) is 18.2. The summed E-state index contributed by atoms with van der Waals surface area (Å²) in [5, 5.41) is 2.82. The van der Waals surface area contributed by atoms with E-state index in [1.54, 1.807) is 31.2 Å². The number of quaternary nitrogens is 1. The van der Waals surface area contributed by atoms with Gasteiger partial charge in [-0.05, 0) is 26.0 Å². The van der Waals surface area contributed by atoms with Crippen molar-refractivity contribution >= 4 is 17.6 Å². The Morgan fingerprint density at radius 2 is 1.76 bits per heavy atom. The summed E-state index contributed by atoms with van der Waals surface area (Å²) in [6, 6.07) is 15.2. The van der Waals surface area contributed by atoms with Gasteiger partial charge in [0.05, 0.1) is 24.9 Å². The van der Waals surface area contributed by atoms with Crippen LogP contribution in [0.3, 0.4) is 0 Å². The molecule has 1 unspecified atom stereocenters. The third kappa shape index (κ3) is 5.72. The molecule has 0 fully saturated rings. The number of aryl methyl sites for hydroxylation is 1. The molecule has 2 aromatic carbocycles. The van der Waals surface area contributed by atoms with E-state index in [2.05, 4.69) is 36.5 Å². The van der Waals surface area contributed by atoms with Crippen LogP contribution in [0.1, 0.15) is 28.4 Å². The van der Waals surface area contributed by atoms with Gasteiger partial charge in [0.25, 0.3) is 5.91 Å². The van der Waals surface area contributed by atoms with Crippen molar-refractivity contribution < 1.29 is 19.2 Å². The molecule has 1 atom stereocenters. The van der Waals surface area contributed by atoms with Crippen LogP contribution in [0.5, 0.6) is 0 Å². The van der Waals surface area contributed by atoms with E-state index in [1.165, 1.54) is 11.1 Å². The van der Waals surface area contributed by atoms with Crippen LogP contribution in [0.25, 0.3) is 0 Å². The van der Waals surface area contributed by atoms with Crippen LogP contribution >= 0.6 is 0 Å². The molecule has 0 radical (unpaired) electrons. The Morgan fingerprint density at radius 3 is 2.44 bits per heavy atom. The third-order valence-corrected chi connectivity index (χ3v) is 3.79. The van der Waals surface area contributed by atoms with Gasteiger partial charge >= 0.3 is 5.97 Å². The lowest BCUT2D eigenvalue weighted by molar-refractivity contribution is -0.885. The maximum Gasteiger partial charge on any atom is 0.340 e. The highest BCUT2D eigenvalue weighted by Crippen LogP contribution is 2.16. The summed E-state index contributed by atoms with van der Waals surface area (Å²) in [4.78, 5) is 25.3. The standard InChI is InChI=1S/C20H24N2O3/c1-4-25-20(24)17-7-5-6-8-18(17)21-19(23)14-22(3)13-16-11-9-15(2)10-12-16/h5-12H,4,13-14H2,1-3H3,(H,21,23)/p+1. The number of likely N-dealkylation sites (N-methyl/N-ethyl adjacent to an activating group) is 1. The van der Waals surface area contributed by atoms with Gasteiger partial charge in [-0.15, -0.1) is 0 Å². The number of carbonyl (C=O) groups is 2. The van der Waals surface area contributed by atoms with Crippen LogP contribution in [0.4, 0.5) is 5.69 Å². The summed E-state index contributed by atoms with van der Waals surface area (Å²) < 4.78 is 5.02. The number of rotatable bonds is 7. The lowest BCUT2D eigenvalue weighted by Gasteiger charge is -2.15. The van der Waals surface area contributed by atoms with E-state index < -0.39 is 5.97 Å². The number of amides is 1. The van der Waals surface area contributed by atoms with Crippen molar-refractivity contribution in [2.24, 2.45) is 0 Å². The Labute approximate surface area is 148 Å². The molecule has 5 heteroatoms. The summed E-state index contributed by atoms with van der Waals surface area (Å²) in [7, 11) is 1.97. The van der Waals surface area contributed by atoms with Crippen molar-refractivity contribution in [1.82, 2.24) is 0 Å². The Balaban J connectivity index is 1.95. The third-order valence-electron chi connectivity index (χ3n) is 3.79.